The highest BCUT2D eigenvalue weighted by Crippen LogP contribution is 2.11. The van der Waals surface area contributed by atoms with Crippen molar-refractivity contribution in [3.63, 3.8) is 0 Å². The van der Waals surface area contributed by atoms with Crippen LogP contribution >= 0.6 is 0 Å². The molecule has 0 rings (SSSR count). The van der Waals surface area contributed by atoms with E-state index >= 15 is 0 Å². The smallest absolute Gasteiger partial charge is 0.390 e. The van der Waals surface area contributed by atoms with Crippen LogP contribution in [-0.4, -0.2) is 401 Å². The van der Waals surface area contributed by atoms with Gasteiger partial charge < -0.3 is 149 Å². The standard InChI is InChI=1S/2C27H65N5O12Si2/c1-27(2,3)44-23-26(35)20-31(10-6-28)11-7-29-8-12-32(19-25(34)22-43-15-5-17-46(39,40)41)13-9-30-18-24(33)21-42-14-4-16-45(36,37)38;1-27(2,3)44-23-26(35)20-32(19-25(34)22-43-15-5-17-46(39,40)41)13-12-31(11-10-30-9-8-29-7-6-28)18-24(33)21-42-14-4-16-45(36,37)38/h2*24-26,29-30,33-41H,4-23,28H2,1-3H3. The quantitative estimate of drug-likeness (QED) is 0.0199. The third-order valence-corrected chi connectivity index (χ3v) is 17.1. The van der Waals surface area contributed by atoms with Crippen molar-refractivity contribution in [3.05, 3.63) is 0 Å². The average Bonchev–Trinajstić information content (AvgIpc) is 1.83. The van der Waals surface area contributed by atoms with E-state index in [-0.39, 0.29) is 148 Å². The first-order valence-electron chi connectivity index (χ1n) is 32.3. The largest absolute Gasteiger partial charge is 0.492 e. The molecule has 0 heterocycles. The summed E-state index contributed by atoms with van der Waals surface area (Å²) in [6, 6.07) is -0.554. The summed E-state index contributed by atoms with van der Waals surface area (Å²) < 4.78 is 33.1. The third kappa shape index (κ3) is 70.8. The molecular formula is C54H130N10O24Si4. The van der Waals surface area contributed by atoms with E-state index in [9.17, 15) is 30.6 Å². The Morgan fingerprint density at radius 1 is 0.326 bits per heavy atom. The number of aliphatic hydroxyl groups is 6. The maximum absolute atomic E-state index is 10.7. The SMILES string of the molecule is CC(C)(C)OCC(O)CN(CCN(CCNCCNCCN)CC(O)COCCC[Si](O)(O)O)CC(O)COCCC[Si](O)(O)O.CC(C)(C)OCC(O)CN(CCN)CCNCCN(CCNCC(O)COCCC[Si](O)(O)O)CC(O)COCCC[Si](O)(O)O. The highest BCUT2D eigenvalue weighted by molar-refractivity contribution is 6.57. The zero-order valence-corrected chi connectivity index (χ0v) is 60.2. The Balaban J connectivity index is 0. The molecule has 0 aliphatic carbocycles. The molecule has 0 radical (unpaired) electrons. The molecule has 38 heteroatoms. The minimum Gasteiger partial charge on any atom is -0.390 e. The molecule has 0 aliphatic heterocycles. The van der Waals surface area contributed by atoms with Crippen molar-refractivity contribution in [2.24, 2.45) is 11.5 Å². The molecule has 0 aliphatic rings. The summed E-state index contributed by atoms with van der Waals surface area (Å²) in [6.07, 6.45) is -3.72. The van der Waals surface area contributed by atoms with E-state index in [0.717, 1.165) is 19.6 Å². The van der Waals surface area contributed by atoms with Gasteiger partial charge in [-0.3, -0.25) is 19.6 Å². The highest BCUT2D eigenvalue weighted by atomic mass is 28.4. The van der Waals surface area contributed by atoms with Crippen LogP contribution in [0, 0.1) is 0 Å². The monoisotopic (exact) mass is 1410 g/mol. The Labute approximate surface area is 551 Å². The molecule has 0 aromatic rings. The van der Waals surface area contributed by atoms with Gasteiger partial charge in [0.2, 0.25) is 0 Å². The number of nitrogens with zero attached hydrogens (tertiary/aromatic N) is 4. The number of hydrogen-bond donors (Lipinski definition) is 24. The molecule has 556 valence electrons. The molecule has 0 saturated carbocycles. The Bertz CT molecular complexity index is 1670. The summed E-state index contributed by atoms with van der Waals surface area (Å²) in [5.41, 5.74) is 10.5. The summed E-state index contributed by atoms with van der Waals surface area (Å²) in [5, 5.41) is 76.2. The summed E-state index contributed by atoms with van der Waals surface area (Å²) in [4.78, 5) is 117. The van der Waals surface area contributed by atoms with Gasteiger partial charge in [-0.15, -0.1) is 0 Å². The van der Waals surface area contributed by atoms with Crippen LogP contribution in [0.15, 0.2) is 0 Å². The predicted octanol–water partition coefficient (Wildman–Crippen LogP) is -9.46. The maximum Gasteiger partial charge on any atom is 0.492 e. The highest BCUT2D eigenvalue weighted by Gasteiger charge is 2.29. The summed E-state index contributed by atoms with van der Waals surface area (Å²) in [6.45, 7) is 24.1. The van der Waals surface area contributed by atoms with Gasteiger partial charge in [0, 0.05) is 195 Å². The minimum atomic E-state index is -4.13. The van der Waals surface area contributed by atoms with Crippen molar-refractivity contribution in [1.29, 1.82) is 0 Å². The Morgan fingerprint density at radius 3 is 0.924 bits per heavy atom. The predicted molar refractivity (Wildman–Crippen MR) is 353 cm³/mol. The van der Waals surface area contributed by atoms with Crippen LogP contribution in [0.4, 0.5) is 0 Å². The van der Waals surface area contributed by atoms with Gasteiger partial charge in [0.25, 0.3) is 0 Å². The summed E-state index contributed by atoms with van der Waals surface area (Å²) >= 11 is 0. The fraction of sp³-hybridized carbons (Fsp3) is 1.00. The fourth-order valence-corrected chi connectivity index (χ4v) is 11.0. The molecular weight excluding hydrogens is 1280 g/mol. The molecule has 92 heavy (non-hydrogen) atoms. The first-order valence-corrected chi connectivity index (χ1v) is 40.5. The lowest BCUT2D eigenvalue weighted by molar-refractivity contribution is -0.0611. The van der Waals surface area contributed by atoms with Crippen LogP contribution in [0.1, 0.15) is 67.2 Å². The molecule has 0 aromatic heterocycles. The summed E-state index contributed by atoms with van der Waals surface area (Å²) in [7, 11) is -16.4. The first kappa shape index (κ1) is 93.6. The molecule has 0 amide bonds. The number of hydrogen-bond acceptors (Lipinski definition) is 34. The van der Waals surface area contributed by atoms with Gasteiger partial charge in [0.15, 0.2) is 0 Å². The number of ether oxygens (including phenoxy) is 6. The second-order valence-electron chi connectivity index (χ2n) is 25.3. The van der Waals surface area contributed by atoms with E-state index in [1.807, 2.05) is 56.2 Å². The molecule has 0 fully saturated rings. The van der Waals surface area contributed by atoms with Crippen molar-refractivity contribution in [1.82, 2.24) is 40.9 Å². The number of nitrogens with two attached hydrogens (primary N) is 2. The van der Waals surface area contributed by atoms with E-state index in [4.69, 9.17) is 97.4 Å². The Morgan fingerprint density at radius 2 is 0.598 bits per heavy atom. The zero-order chi connectivity index (χ0) is 70.1. The molecule has 6 unspecified atom stereocenters. The van der Waals surface area contributed by atoms with E-state index in [1.165, 1.54) is 0 Å². The first-order chi connectivity index (χ1) is 42.8. The van der Waals surface area contributed by atoms with Crippen molar-refractivity contribution in [2.75, 3.05) is 210 Å². The number of aliphatic hydroxyl groups excluding tert-OH is 6. The van der Waals surface area contributed by atoms with Gasteiger partial charge in [-0.2, -0.15) is 0 Å². The topological polar surface area (TPSA) is 533 Å². The van der Waals surface area contributed by atoms with Gasteiger partial charge in [-0.05, 0) is 67.2 Å². The zero-order valence-electron chi connectivity index (χ0n) is 56.2. The molecule has 34 nitrogen and oxygen atoms in total. The van der Waals surface area contributed by atoms with Crippen molar-refractivity contribution < 1.29 is 117 Å². The van der Waals surface area contributed by atoms with Crippen molar-refractivity contribution in [3.8, 4) is 0 Å². The van der Waals surface area contributed by atoms with Gasteiger partial charge in [0.1, 0.15) is 0 Å². The number of nitrogens with one attached hydrogen (secondary N) is 4. The van der Waals surface area contributed by atoms with Crippen LogP contribution in [0.2, 0.25) is 24.2 Å². The lowest BCUT2D eigenvalue weighted by atomic mass is 10.2. The molecule has 6 atom stereocenters. The van der Waals surface area contributed by atoms with E-state index in [0.29, 0.717) is 98.2 Å². The second-order valence-corrected chi connectivity index (χ2v) is 33.5. The lowest BCUT2D eigenvalue weighted by Gasteiger charge is -2.32. The van der Waals surface area contributed by atoms with Gasteiger partial charge >= 0.3 is 35.2 Å². The number of rotatable bonds is 62. The van der Waals surface area contributed by atoms with Crippen molar-refractivity contribution in [2.45, 2.75) is 139 Å². The van der Waals surface area contributed by atoms with E-state index in [1.54, 1.807) is 0 Å². The van der Waals surface area contributed by atoms with Crippen LogP contribution < -0.4 is 32.7 Å². The van der Waals surface area contributed by atoms with Crippen LogP contribution in [0.25, 0.3) is 0 Å². The van der Waals surface area contributed by atoms with Crippen LogP contribution in [0.3, 0.4) is 0 Å². The molecule has 0 saturated heterocycles. The second kappa shape index (κ2) is 54.3. The Kier molecular flexibility index (Phi) is 55.3. The lowest BCUT2D eigenvalue weighted by Crippen LogP contribution is -2.47. The van der Waals surface area contributed by atoms with Gasteiger partial charge in [-0.25, -0.2) is 0 Å². The van der Waals surface area contributed by atoms with Crippen molar-refractivity contribution >= 4 is 35.2 Å². The van der Waals surface area contributed by atoms with Crippen LogP contribution in [0.5, 0.6) is 0 Å². The average molecular weight is 1420 g/mol. The molecule has 26 N–H and O–H groups in total. The molecule has 0 spiro atoms. The molecule has 0 aromatic carbocycles. The van der Waals surface area contributed by atoms with E-state index in [2.05, 4.69) is 26.2 Å². The Hall–Kier alpha value is -0.492. The molecule has 0 bridgehead atoms. The van der Waals surface area contributed by atoms with E-state index < -0.39 is 77.4 Å². The fourth-order valence-electron chi connectivity index (χ4n) is 8.51. The third-order valence-electron chi connectivity index (χ3n) is 13.0. The van der Waals surface area contributed by atoms with Gasteiger partial charge in [0.05, 0.1) is 87.5 Å². The van der Waals surface area contributed by atoms with Crippen LogP contribution in [-0.2, 0) is 28.4 Å². The minimum absolute atomic E-state index is 0.0176. The summed E-state index contributed by atoms with van der Waals surface area (Å²) in [5.74, 6) is 0. The van der Waals surface area contributed by atoms with Gasteiger partial charge in [-0.1, -0.05) is 0 Å². The normalized spacial score (nSPS) is 15.2. The maximum atomic E-state index is 10.7.